The first-order chi connectivity index (χ1) is 9.56. The van der Waals surface area contributed by atoms with Crippen LogP contribution in [-0.2, 0) is 4.79 Å². The van der Waals surface area contributed by atoms with E-state index in [9.17, 15) is 4.79 Å². The van der Waals surface area contributed by atoms with Crippen LogP contribution in [-0.4, -0.2) is 31.6 Å². The molecule has 2 atom stereocenters. The van der Waals surface area contributed by atoms with Crippen LogP contribution in [0.25, 0.3) is 0 Å². The molecule has 0 aliphatic carbocycles. The van der Waals surface area contributed by atoms with Gasteiger partial charge in [-0.15, -0.1) is 12.4 Å². The zero-order valence-corrected chi connectivity index (χ0v) is 13.8. The molecule has 21 heavy (non-hydrogen) atoms. The predicted molar refractivity (Wildman–Crippen MR) is 87.2 cm³/mol. The van der Waals surface area contributed by atoms with Crippen LogP contribution in [0.1, 0.15) is 24.5 Å². The van der Waals surface area contributed by atoms with Gasteiger partial charge in [-0.1, -0.05) is 13.0 Å². The molecule has 0 aromatic heterocycles. The minimum Gasteiger partial charge on any atom is -0.484 e. The number of hydrogen-bond acceptors (Lipinski definition) is 3. The molecule has 2 N–H and O–H groups in total. The Hall–Kier alpha value is -1.26. The second-order valence-electron chi connectivity index (χ2n) is 5.68. The lowest BCUT2D eigenvalue weighted by molar-refractivity contribution is -0.124. The molecule has 2 rings (SSSR count). The van der Waals surface area contributed by atoms with Crippen LogP contribution in [0.2, 0.25) is 0 Å². The molecule has 118 valence electrons. The van der Waals surface area contributed by atoms with Crippen molar-refractivity contribution in [1.29, 1.82) is 0 Å². The summed E-state index contributed by atoms with van der Waals surface area (Å²) in [5, 5.41) is 6.39. The van der Waals surface area contributed by atoms with Crippen LogP contribution in [0.3, 0.4) is 0 Å². The Bertz CT molecular complexity index is 479. The molecule has 1 aromatic carbocycles. The highest BCUT2D eigenvalue weighted by atomic mass is 35.5. The van der Waals surface area contributed by atoms with Crippen molar-refractivity contribution < 1.29 is 9.53 Å². The van der Waals surface area contributed by atoms with Gasteiger partial charge in [-0.05, 0) is 62.5 Å². The zero-order valence-electron chi connectivity index (χ0n) is 12.9. The number of halogens is 1. The largest absolute Gasteiger partial charge is 0.484 e. The summed E-state index contributed by atoms with van der Waals surface area (Å²) in [5.74, 6) is 1.18. The molecular weight excluding hydrogens is 288 g/mol. The number of piperidine rings is 1. The van der Waals surface area contributed by atoms with Gasteiger partial charge in [0.25, 0.3) is 5.91 Å². The maximum Gasteiger partial charge on any atom is 0.258 e. The van der Waals surface area contributed by atoms with E-state index >= 15 is 0 Å². The fourth-order valence-corrected chi connectivity index (χ4v) is 2.43. The van der Waals surface area contributed by atoms with Gasteiger partial charge in [0.1, 0.15) is 5.75 Å². The van der Waals surface area contributed by atoms with Crippen LogP contribution < -0.4 is 15.4 Å². The first kappa shape index (κ1) is 17.8. The summed E-state index contributed by atoms with van der Waals surface area (Å²) in [6.07, 6.45) is 0.983. The summed E-state index contributed by atoms with van der Waals surface area (Å²) >= 11 is 0. The Morgan fingerprint density at radius 2 is 2.14 bits per heavy atom. The van der Waals surface area contributed by atoms with Crippen molar-refractivity contribution >= 4 is 18.3 Å². The van der Waals surface area contributed by atoms with Gasteiger partial charge in [0.15, 0.2) is 6.61 Å². The van der Waals surface area contributed by atoms with E-state index in [4.69, 9.17) is 4.74 Å². The van der Waals surface area contributed by atoms with Gasteiger partial charge in [-0.2, -0.15) is 0 Å². The summed E-state index contributed by atoms with van der Waals surface area (Å²) < 4.78 is 5.55. The fourth-order valence-electron chi connectivity index (χ4n) is 2.43. The van der Waals surface area contributed by atoms with Crippen molar-refractivity contribution in [1.82, 2.24) is 10.6 Å². The van der Waals surface area contributed by atoms with Crippen LogP contribution in [0.15, 0.2) is 18.2 Å². The van der Waals surface area contributed by atoms with Crippen molar-refractivity contribution in [3.05, 3.63) is 29.3 Å². The lowest BCUT2D eigenvalue weighted by Gasteiger charge is -2.30. The number of rotatable bonds is 4. The molecule has 0 spiro atoms. The molecule has 5 heteroatoms. The first-order valence-electron chi connectivity index (χ1n) is 7.26. The van der Waals surface area contributed by atoms with Crippen molar-refractivity contribution in [2.45, 2.75) is 33.2 Å². The Kier molecular flexibility index (Phi) is 6.99. The quantitative estimate of drug-likeness (QED) is 0.896. The standard InChI is InChI=1S/C16H24N2O2.ClH/c1-11-4-5-14(8-12(11)2)20-10-16(19)18-15-6-7-17-9-13(15)3;/h4-5,8,13,15,17H,6-7,9-10H2,1-3H3,(H,18,19);1H. The first-order valence-corrected chi connectivity index (χ1v) is 7.26. The number of hydrogen-bond donors (Lipinski definition) is 2. The van der Waals surface area contributed by atoms with Gasteiger partial charge in [-0.3, -0.25) is 4.79 Å². The van der Waals surface area contributed by atoms with E-state index in [0.717, 1.165) is 25.3 Å². The molecule has 1 heterocycles. The molecule has 1 aliphatic rings. The Labute approximate surface area is 133 Å². The molecule has 1 aliphatic heterocycles. The molecule has 0 saturated carbocycles. The lowest BCUT2D eigenvalue weighted by Crippen LogP contribution is -2.49. The Morgan fingerprint density at radius 1 is 1.38 bits per heavy atom. The summed E-state index contributed by atoms with van der Waals surface area (Å²) in [6, 6.07) is 6.14. The summed E-state index contributed by atoms with van der Waals surface area (Å²) in [5.41, 5.74) is 2.40. The van der Waals surface area contributed by atoms with E-state index in [1.165, 1.54) is 11.1 Å². The van der Waals surface area contributed by atoms with Gasteiger partial charge < -0.3 is 15.4 Å². The van der Waals surface area contributed by atoms with E-state index in [0.29, 0.717) is 5.92 Å². The number of carbonyl (C=O) groups excluding carboxylic acids is 1. The van der Waals surface area contributed by atoms with Crippen LogP contribution >= 0.6 is 12.4 Å². The molecule has 1 saturated heterocycles. The smallest absolute Gasteiger partial charge is 0.258 e. The maximum absolute atomic E-state index is 11.9. The van der Waals surface area contributed by atoms with Crippen molar-refractivity contribution in [3.8, 4) is 5.75 Å². The van der Waals surface area contributed by atoms with Gasteiger partial charge in [0.2, 0.25) is 0 Å². The minimum atomic E-state index is -0.0398. The number of amides is 1. The second-order valence-corrected chi connectivity index (χ2v) is 5.68. The third-order valence-electron chi connectivity index (χ3n) is 3.98. The van der Waals surface area contributed by atoms with Crippen LogP contribution in [0.5, 0.6) is 5.75 Å². The number of carbonyl (C=O) groups is 1. The Balaban J connectivity index is 0.00000220. The topological polar surface area (TPSA) is 50.4 Å². The second kappa shape index (κ2) is 8.25. The van der Waals surface area contributed by atoms with Crippen LogP contribution in [0.4, 0.5) is 0 Å². The minimum absolute atomic E-state index is 0. The molecule has 2 unspecified atom stereocenters. The number of benzene rings is 1. The molecule has 1 amide bonds. The van der Waals surface area contributed by atoms with E-state index < -0.39 is 0 Å². The monoisotopic (exact) mass is 312 g/mol. The van der Waals surface area contributed by atoms with E-state index in [1.54, 1.807) is 0 Å². The number of nitrogens with one attached hydrogen (secondary N) is 2. The average Bonchev–Trinajstić information content (AvgIpc) is 2.43. The normalized spacial score (nSPS) is 21.3. The predicted octanol–water partition coefficient (Wildman–Crippen LogP) is 2.22. The van der Waals surface area contributed by atoms with Gasteiger partial charge in [0, 0.05) is 6.04 Å². The van der Waals surface area contributed by atoms with Crippen molar-refractivity contribution in [3.63, 3.8) is 0 Å². The van der Waals surface area contributed by atoms with Gasteiger partial charge in [-0.25, -0.2) is 0 Å². The molecule has 0 bridgehead atoms. The summed E-state index contributed by atoms with van der Waals surface area (Å²) in [4.78, 5) is 11.9. The molecular formula is C16H25ClN2O2. The Morgan fingerprint density at radius 3 is 2.81 bits per heavy atom. The molecule has 1 fully saturated rings. The van der Waals surface area contributed by atoms with Gasteiger partial charge >= 0.3 is 0 Å². The highest BCUT2D eigenvalue weighted by molar-refractivity contribution is 5.85. The lowest BCUT2D eigenvalue weighted by atomic mass is 9.95. The van der Waals surface area contributed by atoms with Crippen LogP contribution in [0, 0.1) is 19.8 Å². The summed E-state index contributed by atoms with van der Waals surface area (Å²) in [7, 11) is 0. The molecule has 1 aromatic rings. The number of aryl methyl sites for hydroxylation is 2. The van der Waals surface area contributed by atoms with Gasteiger partial charge in [0.05, 0.1) is 0 Å². The fraction of sp³-hybridized carbons (Fsp3) is 0.562. The van der Waals surface area contributed by atoms with E-state index in [-0.39, 0.29) is 31.0 Å². The molecule has 0 radical (unpaired) electrons. The zero-order chi connectivity index (χ0) is 14.5. The van der Waals surface area contributed by atoms with Crippen molar-refractivity contribution in [2.75, 3.05) is 19.7 Å². The SMILES string of the molecule is Cc1ccc(OCC(=O)NC2CCNCC2C)cc1C.Cl. The van der Waals surface area contributed by atoms with E-state index in [1.807, 2.05) is 25.1 Å². The average molecular weight is 313 g/mol. The highest BCUT2D eigenvalue weighted by Gasteiger charge is 2.22. The summed E-state index contributed by atoms with van der Waals surface area (Å²) in [6.45, 7) is 8.26. The number of ether oxygens (including phenoxy) is 1. The van der Waals surface area contributed by atoms with Crippen molar-refractivity contribution in [2.24, 2.45) is 5.92 Å². The van der Waals surface area contributed by atoms with E-state index in [2.05, 4.69) is 24.5 Å². The third kappa shape index (κ3) is 5.21. The highest BCUT2D eigenvalue weighted by Crippen LogP contribution is 2.16. The molecule has 4 nitrogen and oxygen atoms in total. The third-order valence-corrected chi connectivity index (χ3v) is 3.98. The maximum atomic E-state index is 11.9.